The van der Waals surface area contributed by atoms with E-state index in [9.17, 15) is 13.2 Å². The van der Waals surface area contributed by atoms with Crippen LogP contribution in [0, 0.1) is 0 Å². The molecule has 0 fully saturated rings. The maximum absolute atomic E-state index is 12.1. The number of aliphatic imine (C=N–C) groups is 1. The highest BCUT2D eigenvalue weighted by atomic mass is 19.4. The second-order valence-corrected chi connectivity index (χ2v) is 5.48. The Morgan fingerprint density at radius 3 is 2.10 bits per heavy atom. The third kappa shape index (κ3) is 10.4. The molecule has 21 heavy (non-hydrogen) atoms. The van der Waals surface area contributed by atoms with Crippen molar-refractivity contribution in [3.63, 3.8) is 0 Å². The minimum Gasteiger partial charge on any atom is -0.357 e. The Labute approximate surface area is 126 Å². The normalized spacial score (nSPS) is 13.4. The first-order chi connectivity index (χ1) is 9.67. The number of hydrogen-bond acceptors (Lipinski definition) is 2. The highest BCUT2D eigenvalue weighted by Gasteiger charge is 2.26. The third-order valence-electron chi connectivity index (χ3n) is 3.00. The van der Waals surface area contributed by atoms with Crippen LogP contribution in [0.15, 0.2) is 4.99 Å². The molecule has 126 valence electrons. The number of halogens is 3. The van der Waals surface area contributed by atoms with Crippen LogP contribution in [0.1, 0.15) is 41.0 Å². The lowest BCUT2D eigenvalue weighted by Crippen LogP contribution is -2.45. The number of nitrogens with zero attached hydrogens (tertiary/aromatic N) is 2. The van der Waals surface area contributed by atoms with Gasteiger partial charge in [-0.05, 0) is 34.6 Å². The SMILES string of the molecule is CCNC(=NCCC(F)(F)F)NCCN(C(C)C)C(C)C. The number of alkyl halides is 3. The molecule has 0 saturated carbocycles. The lowest BCUT2D eigenvalue weighted by atomic mass is 10.2. The number of rotatable bonds is 8. The summed E-state index contributed by atoms with van der Waals surface area (Å²) in [6.45, 7) is 12.2. The van der Waals surface area contributed by atoms with Crippen molar-refractivity contribution in [3.8, 4) is 0 Å². The summed E-state index contributed by atoms with van der Waals surface area (Å²) in [5, 5.41) is 6.03. The molecule has 0 atom stereocenters. The van der Waals surface area contributed by atoms with Crippen LogP contribution in [0.25, 0.3) is 0 Å². The van der Waals surface area contributed by atoms with Crippen LogP contribution in [0.5, 0.6) is 0 Å². The molecular weight excluding hydrogens is 281 g/mol. The summed E-state index contributed by atoms with van der Waals surface area (Å²) in [7, 11) is 0. The van der Waals surface area contributed by atoms with E-state index in [4.69, 9.17) is 0 Å². The molecule has 0 aromatic heterocycles. The summed E-state index contributed by atoms with van der Waals surface area (Å²) < 4.78 is 36.3. The Morgan fingerprint density at radius 1 is 1.10 bits per heavy atom. The first-order valence-corrected chi connectivity index (χ1v) is 7.52. The molecule has 0 unspecified atom stereocenters. The first-order valence-electron chi connectivity index (χ1n) is 7.52. The number of hydrogen-bond donors (Lipinski definition) is 2. The van der Waals surface area contributed by atoms with Crippen LogP contribution in [0.4, 0.5) is 13.2 Å². The van der Waals surface area contributed by atoms with Gasteiger partial charge in [-0.25, -0.2) is 0 Å². The van der Waals surface area contributed by atoms with E-state index >= 15 is 0 Å². The van der Waals surface area contributed by atoms with Crippen LogP contribution in [0.2, 0.25) is 0 Å². The fraction of sp³-hybridized carbons (Fsp3) is 0.929. The molecular formula is C14H29F3N4. The van der Waals surface area contributed by atoms with E-state index in [1.165, 1.54) is 0 Å². The predicted octanol–water partition coefficient (Wildman–Crippen LogP) is 2.61. The third-order valence-corrected chi connectivity index (χ3v) is 3.00. The Kier molecular flexibility index (Phi) is 9.41. The molecule has 0 bridgehead atoms. The molecule has 0 aliphatic carbocycles. The molecule has 0 saturated heterocycles. The molecule has 0 rings (SSSR count). The summed E-state index contributed by atoms with van der Waals surface area (Å²) in [4.78, 5) is 6.25. The Bertz CT molecular complexity index is 293. The van der Waals surface area contributed by atoms with Gasteiger partial charge in [0.25, 0.3) is 0 Å². The topological polar surface area (TPSA) is 39.7 Å². The van der Waals surface area contributed by atoms with Gasteiger partial charge in [0.2, 0.25) is 0 Å². The summed E-state index contributed by atoms with van der Waals surface area (Å²) in [5.74, 6) is 0.439. The van der Waals surface area contributed by atoms with Crippen molar-refractivity contribution in [2.75, 3.05) is 26.2 Å². The summed E-state index contributed by atoms with van der Waals surface area (Å²) >= 11 is 0. The van der Waals surface area contributed by atoms with E-state index in [-0.39, 0.29) is 6.54 Å². The smallest absolute Gasteiger partial charge is 0.357 e. The van der Waals surface area contributed by atoms with Crippen LogP contribution in [-0.2, 0) is 0 Å². The maximum Gasteiger partial charge on any atom is 0.390 e. The molecule has 0 aliphatic heterocycles. The van der Waals surface area contributed by atoms with Crippen molar-refractivity contribution in [2.45, 2.75) is 59.3 Å². The van der Waals surface area contributed by atoms with Gasteiger partial charge in [-0.15, -0.1) is 0 Å². The quantitative estimate of drug-likeness (QED) is 0.535. The van der Waals surface area contributed by atoms with Gasteiger partial charge in [0.05, 0.1) is 13.0 Å². The Morgan fingerprint density at radius 2 is 1.67 bits per heavy atom. The second-order valence-electron chi connectivity index (χ2n) is 5.48. The summed E-state index contributed by atoms with van der Waals surface area (Å²) in [6.07, 6.45) is -5.05. The van der Waals surface area contributed by atoms with Crippen LogP contribution >= 0.6 is 0 Å². The predicted molar refractivity (Wildman–Crippen MR) is 81.6 cm³/mol. The van der Waals surface area contributed by atoms with Crippen molar-refractivity contribution >= 4 is 5.96 Å². The molecule has 0 amide bonds. The van der Waals surface area contributed by atoms with Gasteiger partial charge >= 0.3 is 6.18 Å². The van der Waals surface area contributed by atoms with E-state index in [1.54, 1.807) is 0 Å². The zero-order valence-electron chi connectivity index (χ0n) is 13.7. The standard InChI is InChI=1S/C14H29F3N4/c1-6-18-13(19-8-7-14(15,16)17)20-9-10-21(11(2)3)12(4)5/h11-12H,6-10H2,1-5H3,(H2,18,19,20). The zero-order chi connectivity index (χ0) is 16.5. The van der Waals surface area contributed by atoms with Crippen LogP contribution in [0.3, 0.4) is 0 Å². The first kappa shape index (κ1) is 20.0. The highest BCUT2D eigenvalue weighted by molar-refractivity contribution is 5.79. The molecule has 2 N–H and O–H groups in total. The number of nitrogens with one attached hydrogen (secondary N) is 2. The fourth-order valence-corrected chi connectivity index (χ4v) is 2.05. The highest BCUT2D eigenvalue weighted by Crippen LogP contribution is 2.18. The van der Waals surface area contributed by atoms with Gasteiger partial charge in [0, 0.05) is 31.7 Å². The van der Waals surface area contributed by atoms with Crippen LogP contribution in [-0.4, -0.2) is 55.3 Å². The lowest BCUT2D eigenvalue weighted by molar-refractivity contribution is -0.132. The van der Waals surface area contributed by atoms with E-state index < -0.39 is 12.6 Å². The Hall–Kier alpha value is -0.980. The summed E-state index contributed by atoms with van der Waals surface area (Å²) in [6, 6.07) is 0.855. The van der Waals surface area contributed by atoms with E-state index in [1.807, 2.05) is 6.92 Å². The molecule has 0 heterocycles. The van der Waals surface area contributed by atoms with Crippen molar-refractivity contribution in [3.05, 3.63) is 0 Å². The van der Waals surface area contributed by atoms with Gasteiger partial charge < -0.3 is 10.6 Å². The van der Waals surface area contributed by atoms with E-state index in [2.05, 4.69) is 48.2 Å². The van der Waals surface area contributed by atoms with Crippen molar-refractivity contribution in [1.82, 2.24) is 15.5 Å². The lowest BCUT2D eigenvalue weighted by Gasteiger charge is -2.30. The monoisotopic (exact) mass is 310 g/mol. The minimum atomic E-state index is -4.16. The van der Waals surface area contributed by atoms with E-state index in [0.717, 1.165) is 6.54 Å². The molecule has 4 nitrogen and oxygen atoms in total. The average molecular weight is 310 g/mol. The van der Waals surface area contributed by atoms with Gasteiger partial charge in [-0.2, -0.15) is 13.2 Å². The van der Waals surface area contributed by atoms with Gasteiger partial charge in [0.15, 0.2) is 5.96 Å². The Balaban J connectivity index is 4.28. The van der Waals surface area contributed by atoms with Crippen molar-refractivity contribution in [2.24, 2.45) is 4.99 Å². The second kappa shape index (κ2) is 9.87. The minimum absolute atomic E-state index is 0.253. The molecule has 0 radical (unpaired) electrons. The van der Waals surface area contributed by atoms with Crippen LogP contribution < -0.4 is 10.6 Å². The molecule has 7 heteroatoms. The summed E-state index contributed by atoms with van der Waals surface area (Å²) in [5.41, 5.74) is 0. The van der Waals surface area contributed by atoms with Gasteiger partial charge in [0.1, 0.15) is 0 Å². The molecule has 0 aliphatic rings. The van der Waals surface area contributed by atoms with Crippen molar-refractivity contribution < 1.29 is 13.2 Å². The van der Waals surface area contributed by atoms with Crippen molar-refractivity contribution in [1.29, 1.82) is 0 Å². The number of guanidine groups is 1. The largest absolute Gasteiger partial charge is 0.390 e. The molecule has 0 aromatic rings. The van der Waals surface area contributed by atoms with E-state index in [0.29, 0.717) is 31.1 Å². The van der Waals surface area contributed by atoms with Gasteiger partial charge in [-0.1, -0.05) is 0 Å². The molecule has 0 aromatic carbocycles. The zero-order valence-corrected chi connectivity index (χ0v) is 13.7. The van der Waals surface area contributed by atoms with Gasteiger partial charge in [-0.3, -0.25) is 9.89 Å². The average Bonchev–Trinajstić information content (AvgIpc) is 2.31. The fourth-order valence-electron chi connectivity index (χ4n) is 2.05. The molecule has 0 spiro atoms. The maximum atomic E-state index is 12.1.